The van der Waals surface area contributed by atoms with Gasteiger partial charge in [-0.1, -0.05) is 59.3 Å². The minimum Gasteiger partial charge on any atom is -0.306 e. The maximum absolute atomic E-state index is 3.76. The van der Waals surface area contributed by atoms with E-state index in [1.54, 1.807) is 0 Å². The Morgan fingerprint density at radius 2 is 1.76 bits per heavy atom. The molecule has 0 heterocycles. The molecule has 2 aromatic carbocycles. The Kier molecular flexibility index (Phi) is 5.60. The molecule has 0 radical (unpaired) electrons. The van der Waals surface area contributed by atoms with E-state index in [-0.39, 0.29) is 6.04 Å². The van der Waals surface area contributed by atoms with Gasteiger partial charge in [0.15, 0.2) is 0 Å². The molecule has 0 amide bonds. The lowest BCUT2D eigenvalue weighted by Gasteiger charge is -2.22. The highest BCUT2D eigenvalue weighted by molar-refractivity contribution is 9.10. The van der Waals surface area contributed by atoms with Crippen LogP contribution in [0.3, 0.4) is 0 Å². The SMILES string of the molecule is CCCNC(c1ccc(C)c(C)c1)c1cccc(C)c1Br. The molecule has 1 N–H and O–H groups in total. The zero-order valence-electron chi connectivity index (χ0n) is 13.3. The number of hydrogen-bond acceptors (Lipinski definition) is 1. The average Bonchev–Trinajstić information content (AvgIpc) is 2.47. The first-order chi connectivity index (χ1) is 10.0. The van der Waals surface area contributed by atoms with Crippen molar-refractivity contribution in [3.8, 4) is 0 Å². The molecular weight excluding hydrogens is 322 g/mol. The first-order valence-corrected chi connectivity index (χ1v) is 8.39. The minimum absolute atomic E-state index is 0.235. The summed E-state index contributed by atoms with van der Waals surface area (Å²) >= 11 is 3.76. The van der Waals surface area contributed by atoms with Gasteiger partial charge in [-0.2, -0.15) is 0 Å². The molecule has 0 saturated heterocycles. The summed E-state index contributed by atoms with van der Waals surface area (Å²) < 4.78 is 1.21. The normalized spacial score (nSPS) is 12.4. The predicted molar refractivity (Wildman–Crippen MR) is 94.9 cm³/mol. The van der Waals surface area contributed by atoms with Crippen molar-refractivity contribution in [3.63, 3.8) is 0 Å². The van der Waals surface area contributed by atoms with Crippen LogP contribution in [0.2, 0.25) is 0 Å². The van der Waals surface area contributed by atoms with Crippen LogP contribution in [0.25, 0.3) is 0 Å². The number of rotatable bonds is 5. The van der Waals surface area contributed by atoms with Crippen LogP contribution in [-0.4, -0.2) is 6.54 Å². The number of benzene rings is 2. The molecule has 112 valence electrons. The summed E-state index contributed by atoms with van der Waals surface area (Å²) in [6, 6.07) is 13.5. The maximum Gasteiger partial charge on any atom is 0.0588 e. The molecule has 0 aliphatic heterocycles. The molecule has 0 spiro atoms. The van der Waals surface area contributed by atoms with Crippen LogP contribution >= 0.6 is 15.9 Å². The van der Waals surface area contributed by atoms with Crippen molar-refractivity contribution in [1.29, 1.82) is 0 Å². The zero-order chi connectivity index (χ0) is 15.4. The molecule has 2 rings (SSSR count). The van der Waals surface area contributed by atoms with Crippen LogP contribution in [0, 0.1) is 20.8 Å². The zero-order valence-corrected chi connectivity index (χ0v) is 14.9. The lowest BCUT2D eigenvalue weighted by atomic mass is 9.94. The highest BCUT2D eigenvalue weighted by atomic mass is 79.9. The highest BCUT2D eigenvalue weighted by Crippen LogP contribution is 2.31. The van der Waals surface area contributed by atoms with E-state index in [2.05, 4.69) is 85.3 Å². The summed E-state index contributed by atoms with van der Waals surface area (Å²) in [6.45, 7) is 9.70. The molecule has 1 unspecified atom stereocenters. The van der Waals surface area contributed by atoms with Gasteiger partial charge in [-0.05, 0) is 61.6 Å². The third-order valence-electron chi connectivity index (χ3n) is 4.00. The summed E-state index contributed by atoms with van der Waals surface area (Å²) in [4.78, 5) is 0. The topological polar surface area (TPSA) is 12.0 Å². The second kappa shape index (κ2) is 7.24. The third-order valence-corrected chi connectivity index (χ3v) is 5.08. The van der Waals surface area contributed by atoms with E-state index in [1.807, 2.05) is 0 Å². The summed E-state index contributed by atoms with van der Waals surface area (Å²) in [6.07, 6.45) is 1.13. The summed E-state index contributed by atoms with van der Waals surface area (Å²) in [5.41, 5.74) is 6.61. The third kappa shape index (κ3) is 3.75. The van der Waals surface area contributed by atoms with Gasteiger partial charge < -0.3 is 5.32 Å². The van der Waals surface area contributed by atoms with Gasteiger partial charge in [-0.15, -0.1) is 0 Å². The Morgan fingerprint density at radius 3 is 2.43 bits per heavy atom. The molecule has 0 aliphatic carbocycles. The van der Waals surface area contributed by atoms with E-state index in [4.69, 9.17) is 0 Å². The number of aryl methyl sites for hydroxylation is 3. The van der Waals surface area contributed by atoms with Crippen LogP contribution in [-0.2, 0) is 0 Å². The molecular formula is C19H24BrN. The van der Waals surface area contributed by atoms with Crippen molar-refractivity contribution in [1.82, 2.24) is 5.32 Å². The summed E-state index contributed by atoms with van der Waals surface area (Å²) in [5.74, 6) is 0. The molecule has 1 nitrogen and oxygen atoms in total. The Hall–Kier alpha value is -1.12. The molecule has 0 fully saturated rings. The summed E-state index contributed by atoms with van der Waals surface area (Å²) in [7, 11) is 0. The molecule has 1 atom stereocenters. The van der Waals surface area contributed by atoms with Crippen molar-refractivity contribution in [2.45, 2.75) is 40.2 Å². The summed E-state index contributed by atoms with van der Waals surface area (Å²) in [5, 5.41) is 3.69. The van der Waals surface area contributed by atoms with Crippen molar-refractivity contribution < 1.29 is 0 Å². The van der Waals surface area contributed by atoms with Crippen molar-refractivity contribution >= 4 is 15.9 Å². The predicted octanol–water partition coefficient (Wildman–Crippen LogP) is 5.46. The highest BCUT2D eigenvalue weighted by Gasteiger charge is 2.17. The van der Waals surface area contributed by atoms with Crippen LogP contribution in [0.4, 0.5) is 0 Å². The van der Waals surface area contributed by atoms with Crippen LogP contribution in [0.15, 0.2) is 40.9 Å². The van der Waals surface area contributed by atoms with Gasteiger partial charge in [0.05, 0.1) is 6.04 Å². The van der Waals surface area contributed by atoms with E-state index < -0.39 is 0 Å². The standard InChI is InChI=1S/C19H24BrN/c1-5-11-21-19(16-10-9-13(2)15(4)12-16)17-8-6-7-14(3)18(17)20/h6-10,12,19,21H,5,11H2,1-4H3. The Bertz CT molecular complexity index is 619. The molecule has 0 bridgehead atoms. The van der Waals surface area contributed by atoms with E-state index in [9.17, 15) is 0 Å². The van der Waals surface area contributed by atoms with Crippen molar-refractivity contribution in [2.75, 3.05) is 6.54 Å². The van der Waals surface area contributed by atoms with Gasteiger partial charge in [0.2, 0.25) is 0 Å². The van der Waals surface area contributed by atoms with Gasteiger partial charge >= 0.3 is 0 Å². The van der Waals surface area contributed by atoms with E-state index in [0.29, 0.717) is 0 Å². The molecule has 0 aromatic heterocycles. The second-order valence-corrected chi connectivity index (χ2v) is 6.50. The fourth-order valence-electron chi connectivity index (χ4n) is 2.53. The Balaban J connectivity index is 2.47. The molecule has 0 aliphatic rings. The first-order valence-electron chi connectivity index (χ1n) is 7.60. The van der Waals surface area contributed by atoms with Crippen LogP contribution in [0.1, 0.15) is 47.2 Å². The van der Waals surface area contributed by atoms with E-state index >= 15 is 0 Å². The van der Waals surface area contributed by atoms with Crippen LogP contribution < -0.4 is 5.32 Å². The second-order valence-electron chi connectivity index (χ2n) is 5.71. The first kappa shape index (κ1) is 16.3. The van der Waals surface area contributed by atoms with Crippen molar-refractivity contribution in [2.24, 2.45) is 0 Å². The van der Waals surface area contributed by atoms with Crippen molar-refractivity contribution in [3.05, 3.63) is 68.7 Å². The molecule has 21 heavy (non-hydrogen) atoms. The number of hydrogen-bond donors (Lipinski definition) is 1. The van der Waals surface area contributed by atoms with Gasteiger partial charge in [0, 0.05) is 4.47 Å². The number of nitrogens with one attached hydrogen (secondary N) is 1. The molecule has 2 aromatic rings. The largest absolute Gasteiger partial charge is 0.306 e. The van der Waals surface area contributed by atoms with Gasteiger partial charge in [-0.25, -0.2) is 0 Å². The van der Waals surface area contributed by atoms with Gasteiger partial charge in [0.1, 0.15) is 0 Å². The molecule has 2 heteroatoms. The maximum atomic E-state index is 3.76. The lowest BCUT2D eigenvalue weighted by Crippen LogP contribution is -2.23. The number of halogens is 1. The van der Waals surface area contributed by atoms with E-state index in [1.165, 1.54) is 32.3 Å². The monoisotopic (exact) mass is 345 g/mol. The van der Waals surface area contributed by atoms with Crippen LogP contribution in [0.5, 0.6) is 0 Å². The van der Waals surface area contributed by atoms with E-state index in [0.717, 1.165) is 13.0 Å². The Labute approximate surface area is 136 Å². The Morgan fingerprint density at radius 1 is 1.00 bits per heavy atom. The fourth-order valence-corrected chi connectivity index (χ4v) is 3.03. The fraction of sp³-hybridized carbons (Fsp3) is 0.368. The molecule has 0 saturated carbocycles. The average molecular weight is 346 g/mol. The smallest absolute Gasteiger partial charge is 0.0588 e. The van der Waals surface area contributed by atoms with Gasteiger partial charge in [-0.3, -0.25) is 0 Å². The minimum atomic E-state index is 0.235. The van der Waals surface area contributed by atoms with Gasteiger partial charge in [0.25, 0.3) is 0 Å². The quantitative estimate of drug-likeness (QED) is 0.758. The lowest BCUT2D eigenvalue weighted by molar-refractivity contribution is 0.596.